The first-order valence-electron chi connectivity index (χ1n) is 9.90. The lowest BCUT2D eigenvalue weighted by Crippen LogP contribution is -2.34. The summed E-state index contributed by atoms with van der Waals surface area (Å²) in [6, 6.07) is 7.06. The number of aromatic amines is 1. The number of rotatable bonds is 7. The number of nitrogens with one attached hydrogen (secondary N) is 1. The number of hydrogen-bond donors (Lipinski definition) is 1. The van der Waals surface area contributed by atoms with E-state index in [0.29, 0.717) is 22.6 Å². The number of H-pyrrole nitrogens is 1. The Balaban J connectivity index is 1.79. The number of ketones is 1. The molecule has 1 fully saturated rings. The molecule has 0 aliphatic carbocycles. The molecule has 0 bridgehead atoms. The van der Waals surface area contributed by atoms with Gasteiger partial charge in [-0.3, -0.25) is 23.9 Å². The molecule has 1 N–H and O–H groups in total. The van der Waals surface area contributed by atoms with Gasteiger partial charge in [0.25, 0.3) is 5.56 Å². The van der Waals surface area contributed by atoms with Gasteiger partial charge in [-0.05, 0) is 30.2 Å². The van der Waals surface area contributed by atoms with Crippen molar-refractivity contribution in [3.05, 3.63) is 79.6 Å². The minimum atomic E-state index is -0.757. The summed E-state index contributed by atoms with van der Waals surface area (Å²) in [5.74, 6) is -0.700. The van der Waals surface area contributed by atoms with Crippen LogP contribution < -0.4 is 11.2 Å². The van der Waals surface area contributed by atoms with Crippen molar-refractivity contribution in [1.29, 1.82) is 0 Å². The average molecular weight is 447 g/mol. The third kappa shape index (κ3) is 5.59. The summed E-state index contributed by atoms with van der Waals surface area (Å²) < 4.78 is 12.5. The molecule has 164 valence electrons. The second kappa shape index (κ2) is 9.89. The zero-order valence-corrected chi connectivity index (χ0v) is 17.9. The van der Waals surface area contributed by atoms with E-state index in [2.05, 4.69) is 4.98 Å². The van der Waals surface area contributed by atoms with Gasteiger partial charge in [-0.15, -0.1) is 0 Å². The average Bonchev–Trinajstić information content (AvgIpc) is 3.10. The van der Waals surface area contributed by atoms with E-state index < -0.39 is 35.7 Å². The molecule has 2 aromatic rings. The monoisotopic (exact) mass is 446 g/mol. The predicted octanol–water partition coefficient (Wildman–Crippen LogP) is 2.34. The van der Waals surface area contributed by atoms with Gasteiger partial charge in [0, 0.05) is 36.5 Å². The number of hydrogen-bond acceptors (Lipinski definition) is 6. The molecule has 1 aromatic heterocycles. The van der Waals surface area contributed by atoms with Crippen LogP contribution in [0.1, 0.15) is 37.6 Å². The number of halogens is 1. The topological polar surface area (TPSA) is 107 Å². The van der Waals surface area contributed by atoms with Gasteiger partial charge < -0.3 is 9.47 Å². The number of aryl methyl sites for hydroxylation is 1. The maximum absolute atomic E-state index is 12.4. The van der Waals surface area contributed by atoms with Crippen molar-refractivity contribution in [2.75, 3.05) is 0 Å². The van der Waals surface area contributed by atoms with Crippen molar-refractivity contribution < 1.29 is 19.1 Å². The number of ether oxygens (including phenoxy) is 2. The summed E-state index contributed by atoms with van der Waals surface area (Å²) in [6.45, 7) is 3.07. The van der Waals surface area contributed by atoms with Crippen LogP contribution in [0.3, 0.4) is 0 Å². The van der Waals surface area contributed by atoms with Crippen LogP contribution in [-0.4, -0.2) is 33.5 Å². The second-order valence-corrected chi connectivity index (χ2v) is 7.61. The number of esters is 1. The molecule has 0 spiro atoms. The highest BCUT2D eigenvalue weighted by Crippen LogP contribution is 2.31. The standard InChI is InChI=1S/C22H23ClN2O6/c1-3-14-12-25(22(29)24-21(14)28)20-11-19(30-13(2)26)18(31-20)9-8-16(27)10-15-6-4-5-7-17(15)23/h4-9,12,18-20H,3,10-11H2,1-2H3,(H,24,28,29)/t18-,19+,20-/m1/s1. The molecule has 0 saturated carbocycles. The Bertz CT molecular complexity index is 1120. The molecule has 0 unspecified atom stereocenters. The fourth-order valence-electron chi connectivity index (χ4n) is 3.42. The van der Waals surface area contributed by atoms with Crippen LogP contribution in [0, 0.1) is 0 Å². The number of nitrogens with zero attached hydrogens (tertiary/aromatic N) is 1. The summed E-state index contributed by atoms with van der Waals surface area (Å²) in [7, 11) is 0. The molecule has 0 radical (unpaired) electrons. The van der Waals surface area contributed by atoms with Gasteiger partial charge in [-0.1, -0.05) is 36.7 Å². The van der Waals surface area contributed by atoms with Crippen LogP contribution in [0.2, 0.25) is 5.02 Å². The lowest BCUT2D eigenvalue weighted by molar-refractivity contribution is -0.147. The quantitative estimate of drug-likeness (QED) is 0.516. The Morgan fingerprint density at radius 3 is 2.71 bits per heavy atom. The Labute approximate surface area is 183 Å². The zero-order chi connectivity index (χ0) is 22.5. The van der Waals surface area contributed by atoms with Gasteiger partial charge >= 0.3 is 11.7 Å². The molecule has 9 heteroatoms. The van der Waals surface area contributed by atoms with E-state index in [9.17, 15) is 19.2 Å². The lowest BCUT2D eigenvalue weighted by Gasteiger charge is -2.15. The first kappa shape index (κ1) is 22.7. The van der Waals surface area contributed by atoms with E-state index in [4.69, 9.17) is 21.1 Å². The molecule has 31 heavy (non-hydrogen) atoms. The lowest BCUT2D eigenvalue weighted by atomic mass is 10.1. The first-order chi connectivity index (χ1) is 14.8. The van der Waals surface area contributed by atoms with Crippen LogP contribution >= 0.6 is 11.6 Å². The normalized spacial score (nSPS) is 20.8. The van der Waals surface area contributed by atoms with Crippen LogP contribution in [-0.2, 0) is 31.9 Å². The van der Waals surface area contributed by atoms with Crippen molar-refractivity contribution in [3.63, 3.8) is 0 Å². The fraction of sp³-hybridized carbons (Fsp3) is 0.364. The molecule has 0 amide bonds. The Morgan fingerprint density at radius 1 is 1.29 bits per heavy atom. The fourth-order valence-corrected chi connectivity index (χ4v) is 3.62. The molecule has 1 aromatic carbocycles. The van der Waals surface area contributed by atoms with Crippen molar-refractivity contribution in [3.8, 4) is 0 Å². The minimum absolute atomic E-state index is 0.115. The maximum Gasteiger partial charge on any atom is 0.330 e. The van der Waals surface area contributed by atoms with Crippen molar-refractivity contribution in [1.82, 2.24) is 9.55 Å². The van der Waals surface area contributed by atoms with Crippen LogP contribution in [0.4, 0.5) is 0 Å². The summed E-state index contributed by atoms with van der Waals surface area (Å²) in [4.78, 5) is 50.3. The van der Waals surface area contributed by atoms with Gasteiger partial charge in [-0.25, -0.2) is 4.79 Å². The van der Waals surface area contributed by atoms with E-state index in [-0.39, 0.29) is 18.6 Å². The van der Waals surface area contributed by atoms with Crippen molar-refractivity contribution in [2.24, 2.45) is 0 Å². The van der Waals surface area contributed by atoms with Crippen LogP contribution in [0.5, 0.6) is 0 Å². The number of aromatic nitrogens is 2. The maximum atomic E-state index is 12.4. The second-order valence-electron chi connectivity index (χ2n) is 7.21. The molecular formula is C22H23ClN2O6. The van der Waals surface area contributed by atoms with Gasteiger partial charge in [0.2, 0.25) is 0 Å². The largest absolute Gasteiger partial charge is 0.459 e. The van der Waals surface area contributed by atoms with Gasteiger partial charge in [0.05, 0.1) is 0 Å². The highest BCUT2D eigenvalue weighted by molar-refractivity contribution is 6.31. The first-order valence-corrected chi connectivity index (χ1v) is 10.3. The smallest absolute Gasteiger partial charge is 0.330 e. The van der Waals surface area contributed by atoms with Gasteiger partial charge in [-0.2, -0.15) is 0 Å². The van der Waals surface area contributed by atoms with E-state index >= 15 is 0 Å². The van der Waals surface area contributed by atoms with E-state index in [0.717, 1.165) is 0 Å². The third-order valence-corrected chi connectivity index (χ3v) is 5.33. The molecule has 8 nitrogen and oxygen atoms in total. The van der Waals surface area contributed by atoms with Crippen LogP contribution in [0.25, 0.3) is 0 Å². The molecule has 1 aliphatic heterocycles. The minimum Gasteiger partial charge on any atom is -0.459 e. The number of allylic oxidation sites excluding steroid dienone is 1. The third-order valence-electron chi connectivity index (χ3n) is 4.96. The Hall–Kier alpha value is -2.97. The summed E-state index contributed by atoms with van der Waals surface area (Å²) in [6.07, 6.45) is 2.91. The van der Waals surface area contributed by atoms with Crippen LogP contribution in [0.15, 0.2) is 52.2 Å². The Morgan fingerprint density at radius 2 is 2.03 bits per heavy atom. The summed E-state index contributed by atoms with van der Waals surface area (Å²) in [5, 5.41) is 0.503. The zero-order valence-electron chi connectivity index (χ0n) is 17.2. The van der Waals surface area contributed by atoms with Gasteiger partial charge in [0.1, 0.15) is 18.4 Å². The van der Waals surface area contributed by atoms with E-state index in [1.54, 1.807) is 31.2 Å². The molecule has 1 aliphatic rings. The molecule has 3 atom stereocenters. The highest BCUT2D eigenvalue weighted by atomic mass is 35.5. The Kier molecular flexibility index (Phi) is 7.25. The summed E-state index contributed by atoms with van der Waals surface area (Å²) in [5.41, 5.74) is 0.0710. The molecule has 3 rings (SSSR count). The van der Waals surface area contributed by atoms with Crippen molar-refractivity contribution >= 4 is 23.4 Å². The van der Waals surface area contributed by atoms with E-state index in [1.165, 1.54) is 29.8 Å². The van der Waals surface area contributed by atoms with E-state index in [1.807, 2.05) is 0 Å². The molecule has 1 saturated heterocycles. The number of carbonyl (C=O) groups excluding carboxylic acids is 2. The highest BCUT2D eigenvalue weighted by Gasteiger charge is 2.37. The predicted molar refractivity (Wildman–Crippen MR) is 114 cm³/mol. The molecule has 2 heterocycles. The number of carbonyl (C=O) groups is 2. The molecular weight excluding hydrogens is 424 g/mol. The van der Waals surface area contributed by atoms with Gasteiger partial charge in [0.15, 0.2) is 5.78 Å². The van der Waals surface area contributed by atoms with Crippen molar-refractivity contribution in [2.45, 2.75) is 51.5 Å². The number of benzene rings is 1. The SMILES string of the molecule is CCc1cn([C@H]2C[C@H](OC(C)=O)[C@@H](C=CC(=O)Cc3ccccc3Cl)O2)c(=O)[nH]c1=O. The summed E-state index contributed by atoms with van der Waals surface area (Å²) >= 11 is 6.10.